The average Bonchev–Trinajstić information content (AvgIpc) is 2.44. The molecule has 2 unspecified atom stereocenters. The van der Waals surface area contributed by atoms with Gasteiger partial charge in [-0.3, -0.25) is 0 Å². The normalized spacial score (nSPS) is 14.3. The summed E-state index contributed by atoms with van der Waals surface area (Å²) in [6, 6.07) is 5.51. The Hall–Kier alpha value is -0.480. The Kier molecular flexibility index (Phi) is 7.54. The van der Waals surface area contributed by atoms with Crippen LogP contribution in [-0.4, -0.2) is 43.3 Å². The summed E-state index contributed by atoms with van der Waals surface area (Å²) in [7, 11) is 3.26. The Morgan fingerprint density at radius 2 is 1.63 bits per heavy atom. The number of hydrogen-bond donors (Lipinski definition) is 1. The third-order valence-electron chi connectivity index (χ3n) is 3.07. The van der Waals surface area contributed by atoms with Gasteiger partial charge in [0, 0.05) is 32.4 Å². The number of alkyl halides is 2. The maximum atomic E-state index is 9.87. The molecular weight excluding hydrogens is 287 g/mol. The lowest BCUT2D eigenvalue weighted by molar-refractivity contribution is 0.120. The molecule has 0 aliphatic rings. The minimum Gasteiger partial charge on any atom is -0.508 e. The van der Waals surface area contributed by atoms with Crippen LogP contribution in [0.15, 0.2) is 18.2 Å². The highest BCUT2D eigenvalue weighted by atomic mass is 35.5. The molecule has 2 atom stereocenters. The van der Waals surface area contributed by atoms with Gasteiger partial charge in [-0.05, 0) is 23.6 Å². The van der Waals surface area contributed by atoms with Crippen LogP contribution >= 0.6 is 23.2 Å². The Balaban J connectivity index is 2.81. The molecule has 0 fully saturated rings. The molecule has 0 heterocycles. The predicted molar refractivity (Wildman–Crippen MR) is 78.5 cm³/mol. The summed E-state index contributed by atoms with van der Waals surface area (Å²) in [5.74, 6) is 1.09. The number of hydrogen-bond acceptors (Lipinski definition) is 3. The van der Waals surface area contributed by atoms with Crippen LogP contribution in [0.5, 0.6) is 5.75 Å². The summed E-state index contributed by atoms with van der Waals surface area (Å²) in [5, 5.41) is 9.87. The zero-order valence-electron chi connectivity index (χ0n) is 11.2. The highest BCUT2D eigenvalue weighted by Crippen LogP contribution is 2.22. The van der Waals surface area contributed by atoms with Crippen LogP contribution in [0.2, 0.25) is 0 Å². The fourth-order valence-electron chi connectivity index (χ4n) is 1.84. The van der Waals surface area contributed by atoms with Gasteiger partial charge in [0.2, 0.25) is 0 Å². The maximum Gasteiger partial charge on any atom is 0.118 e. The lowest BCUT2D eigenvalue weighted by Crippen LogP contribution is -2.17. The number of phenolic OH excluding ortho intramolecular Hbond substituents is 1. The summed E-state index contributed by atoms with van der Waals surface area (Å²) < 4.78 is 10.5. The minimum absolute atomic E-state index is 0.0229. The van der Waals surface area contributed by atoms with Gasteiger partial charge in [-0.2, -0.15) is 0 Å². The second-order valence-corrected chi connectivity index (χ2v) is 5.01. The van der Waals surface area contributed by atoms with Gasteiger partial charge in [0.25, 0.3) is 0 Å². The van der Waals surface area contributed by atoms with Gasteiger partial charge in [0.15, 0.2) is 0 Å². The first-order valence-electron chi connectivity index (χ1n) is 6.12. The van der Waals surface area contributed by atoms with Crippen molar-refractivity contribution in [3.8, 4) is 5.75 Å². The molecule has 0 radical (unpaired) electrons. The molecule has 3 nitrogen and oxygen atoms in total. The molecule has 108 valence electrons. The van der Waals surface area contributed by atoms with Crippen molar-refractivity contribution in [1.82, 2.24) is 0 Å². The van der Waals surface area contributed by atoms with E-state index in [-0.39, 0.29) is 18.0 Å². The molecule has 0 bridgehead atoms. The van der Waals surface area contributed by atoms with E-state index in [0.29, 0.717) is 24.6 Å². The Morgan fingerprint density at radius 3 is 2.16 bits per heavy atom. The van der Waals surface area contributed by atoms with Crippen molar-refractivity contribution in [3.63, 3.8) is 0 Å². The van der Waals surface area contributed by atoms with Crippen molar-refractivity contribution in [2.75, 3.05) is 26.0 Å². The number of halogens is 2. The second kappa shape index (κ2) is 8.64. The lowest BCUT2D eigenvalue weighted by Gasteiger charge is -2.16. The molecule has 19 heavy (non-hydrogen) atoms. The maximum absolute atomic E-state index is 9.87. The first-order valence-corrected chi connectivity index (χ1v) is 7.19. The van der Waals surface area contributed by atoms with Crippen molar-refractivity contribution >= 4 is 23.2 Å². The van der Waals surface area contributed by atoms with Crippen LogP contribution in [-0.2, 0) is 22.3 Å². The molecule has 0 saturated heterocycles. The largest absolute Gasteiger partial charge is 0.508 e. The van der Waals surface area contributed by atoms with E-state index in [1.54, 1.807) is 20.3 Å². The molecule has 0 spiro atoms. The summed E-state index contributed by atoms with van der Waals surface area (Å²) in [4.78, 5) is 0. The highest BCUT2D eigenvalue weighted by molar-refractivity contribution is 6.18. The van der Waals surface area contributed by atoms with Crippen molar-refractivity contribution in [3.05, 3.63) is 29.3 Å². The van der Waals surface area contributed by atoms with Crippen LogP contribution in [0, 0.1) is 0 Å². The van der Waals surface area contributed by atoms with E-state index in [4.69, 9.17) is 32.7 Å². The van der Waals surface area contributed by atoms with Gasteiger partial charge in [-0.1, -0.05) is 12.1 Å². The zero-order valence-corrected chi connectivity index (χ0v) is 12.7. The molecule has 0 aliphatic heterocycles. The number of phenols is 1. The van der Waals surface area contributed by atoms with Gasteiger partial charge in [0.1, 0.15) is 5.75 Å². The Morgan fingerprint density at radius 1 is 1.05 bits per heavy atom. The van der Waals surface area contributed by atoms with Crippen LogP contribution in [0.1, 0.15) is 11.1 Å². The van der Waals surface area contributed by atoms with Crippen LogP contribution in [0.25, 0.3) is 0 Å². The summed E-state index contributed by atoms with van der Waals surface area (Å²) in [6.45, 7) is 0. The van der Waals surface area contributed by atoms with Gasteiger partial charge in [0.05, 0.1) is 12.2 Å². The SMILES string of the molecule is COC(CCl)Cc1ccc(O)c(CC(CCl)OC)c1. The summed E-state index contributed by atoms with van der Waals surface area (Å²) in [5.41, 5.74) is 1.90. The van der Waals surface area contributed by atoms with Crippen molar-refractivity contribution in [1.29, 1.82) is 0 Å². The molecule has 1 aromatic carbocycles. The number of benzene rings is 1. The quantitative estimate of drug-likeness (QED) is 0.750. The standard InChI is InChI=1S/C14H20Cl2O3/c1-18-12(8-15)6-10-3-4-14(17)11(5-10)7-13(9-16)19-2/h3-5,12-13,17H,6-9H2,1-2H3. The second-order valence-electron chi connectivity index (χ2n) is 4.40. The van der Waals surface area contributed by atoms with Gasteiger partial charge in [-0.15, -0.1) is 23.2 Å². The third kappa shape index (κ3) is 5.19. The smallest absolute Gasteiger partial charge is 0.118 e. The zero-order chi connectivity index (χ0) is 14.3. The molecule has 5 heteroatoms. The van der Waals surface area contributed by atoms with Crippen molar-refractivity contribution < 1.29 is 14.6 Å². The Labute approximate surface area is 124 Å². The first-order chi connectivity index (χ1) is 9.14. The van der Waals surface area contributed by atoms with Gasteiger partial charge < -0.3 is 14.6 Å². The fraction of sp³-hybridized carbons (Fsp3) is 0.571. The molecule has 0 saturated carbocycles. The molecule has 1 N–H and O–H groups in total. The van der Waals surface area contributed by atoms with E-state index >= 15 is 0 Å². The summed E-state index contributed by atoms with van der Waals surface area (Å²) in [6.07, 6.45) is 1.17. The molecule has 1 aromatic rings. The van der Waals surface area contributed by atoms with Gasteiger partial charge in [-0.25, -0.2) is 0 Å². The van der Waals surface area contributed by atoms with E-state index in [1.165, 1.54) is 0 Å². The fourth-order valence-corrected chi connectivity index (χ4v) is 2.31. The molecule has 1 rings (SSSR count). The van der Waals surface area contributed by atoms with E-state index in [9.17, 15) is 5.11 Å². The average molecular weight is 307 g/mol. The van der Waals surface area contributed by atoms with Crippen LogP contribution < -0.4 is 0 Å². The number of ether oxygens (including phenoxy) is 2. The molecule has 0 aromatic heterocycles. The lowest BCUT2D eigenvalue weighted by atomic mass is 10.0. The van der Waals surface area contributed by atoms with Crippen molar-refractivity contribution in [2.24, 2.45) is 0 Å². The Bertz CT molecular complexity index is 377. The number of aromatic hydroxyl groups is 1. The van der Waals surface area contributed by atoms with E-state index in [2.05, 4.69) is 0 Å². The third-order valence-corrected chi connectivity index (χ3v) is 3.75. The summed E-state index contributed by atoms with van der Waals surface area (Å²) >= 11 is 11.6. The van der Waals surface area contributed by atoms with Gasteiger partial charge >= 0.3 is 0 Å². The van der Waals surface area contributed by atoms with Crippen molar-refractivity contribution in [2.45, 2.75) is 25.0 Å². The first kappa shape index (κ1) is 16.6. The van der Waals surface area contributed by atoms with Crippen LogP contribution in [0.3, 0.4) is 0 Å². The van der Waals surface area contributed by atoms with E-state index in [1.807, 2.05) is 12.1 Å². The molecular formula is C14H20Cl2O3. The van der Waals surface area contributed by atoms with Crippen LogP contribution in [0.4, 0.5) is 0 Å². The number of rotatable bonds is 8. The predicted octanol–water partition coefficient (Wildman–Crippen LogP) is 2.98. The molecule has 0 amide bonds. The topological polar surface area (TPSA) is 38.7 Å². The van der Waals surface area contributed by atoms with E-state index in [0.717, 1.165) is 11.1 Å². The number of methoxy groups -OCH3 is 2. The monoisotopic (exact) mass is 306 g/mol. The highest BCUT2D eigenvalue weighted by Gasteiger charge is 2.13. The minimum atomic E-state index is -0.103. The van der Waals surface area contributed by atoms with E-state index < -0.39 is 0 Å². The molecule has 0 aliphatic carbocycles.